The first-order valence-corrected chi connectivity index (χ1v) is 21.7. The third-order valence-electron chi connectivity index (χ3n) is 9.85. The lowest BCUT2D eigenvalue weighted by atomic mass is 10.0. The molecule has 0 aromatic carbocycles. The van der Waals surface area contributed by atoms with Gasteiger partial charge in [-0.05, 0) is 57.8 Å². The summed E-state index contributed by atoms with van der Waals surface area (Å²) in [6.07, 6.45) is 53.9. The Kier molecular flexibility index (Phi) is 39.9. The molecule has 0 aromatic heterocycles. The molecule has 0 saturated carbocycles. The number of rotatable bonds is 39. The number of hydrogen-bond donors (Lipinski definition) is 3. The SMILES string of the molecule is CCCCCCCCCC/C=C\CCCCCCCCCCCCCC(=O)NC(CO)C(O)/C=C/CC/C=C/CCCCCCCCCC. The van der Waals surface area contributed by atoms with Crippen LogP contribution in [0.4, 0.5) is 0 Å². The van der Waals surface area contributed by atoms with Crippen LogP contribution in [0.3, 0.4) is 0 Å². The Morgan fingerprint density at radius 3 is 1.18 bits per heavy atom. The monoisotopic (exact) mass is 688 g/mol. The molecule has 4 nitrogen and oxygen atoms in total. The molecular formula is C45H85NO3. The molecule has 0 aromatic rings. The van der Waals surface area contributed by atoms with Crippen molar-refractivity contribution in [3.05, 3.63) is 36.5 Å². The van der Waals surface area contributed by atoms with Crippen molar-refractivity contribution in [2.75, 3.05) is 6.61 Å². The molecule has 0 aliphatic rings. The number of aliphatic hydroxyl groups excluding tert-OH is 2. The van der Waals surface area contributed by atoms with Gasteiger partial charge in [-0.1, -0.05) is 198 Å². The molecule has 0 aliphatic heterocycles. The Hall–Kier alpha value is -1.39. The first-order chi connectivity index (χ1) is 24.2. The van der Waals surface area contributed by atoms with Crippen LogP contribution in [0, 0.1) is 0 Å². The van der Waals surface area contributed by atoms with E-state index in [0.717, 1.165) is 32.1 Å². The van der Waals surface area contributed by atoms with Crippen LogP contribution >= 0.6 is 0 Å². The summed E-state index contributed by atoms with van der Waals surface area (Å²) in [7, 11) is 0. The highest BCUT2D eigenvalue weighted by Gasteiger charge is 2.17. The minimum Gasteiger partial charge on any atom is -0.394 e. The Labute approximate surface area is 306 Å². The highest BCUT2D eigenvalue weighted by atomic mass is 16.3. The number of carbonyl (C=O) groups excluding carboxylic acids is 1. The third kappa shape index (κ3) is 37.7. The van der Waals surface area contributed by atoms with Crippen LogP contribution in [0.25, 0.3) is 0 Å². The van der Waals surface area contributed by atoms with Crippen LogP contribution in [0.5, 0.6) is 0 Å². The van der Waals surface area contributed by atoms with Crippen molar-refractivity contribution < 1.29 is 15.0 Å². The third-order valence-corrected chi connectivity index (χ3v) is 9.85. The van der Waals surface area contributed by atoms with Crippen LogP contribution in [0.2, 0.25) is 0 Å². The molecule has 49 heavy (non-hydrogen) atoms. The molecule has 4 heteroatoms. The largest absolute Gasteiger partial charge is 0.394 e. The smallest absolute Gasteiger partial charge is 0.220 e. The van der Waals surface area contributed by atoms with Crippen molar-refractivity contribution in [1.82, 2.24) is 5.32 Å². The van der Waals surface area contributed by atoms with E-state index in [0.29, 0.717) is 6.42 Å². The van der Waals surface area contributed by atoms with E-state index in [1.54, 1.807) is 6.08 Å². The molecule has 3 N–H and O–H groups in total. The van der Waals surface area contributed by atoms with Gasteiger partial charge in [-0.15, -0.1) is 0 Å². The fourth-order valence-corrected chi connectivity index (χ4v) is 6.48. The van der Waals surface area contributed by atoms with Crippen LogP contribution in [-0.2, 0) is 4.79 Å². The molecule has 0 bridgehead atoms. The second kappa shape index (κ2) is 41.0. The zero-order valence-electron chi connectivity index (χ0n) is 33.0. The minimum atomic E-state index is -0.860. The van der Waals surface area contributed by atoms with Crippen LogP contribution in [0.15, 0.2) is 36.5 Å². The van der Waals surface area contributed by atoms with E-state index in [-0.39, 0.29) is 12.5 Å². The van der Waals surface area contributed by atoms with E-state index in [1.165, 1.54) is 173 Å². The Morgan fingerprint density at radius 2 is 0.796 bits per heavy atom. The number of allylic oxidation sites excluding steroid dienone is 5. The van der Waals surface area contributed by atoms with Gasteiger partial charge in [0.15, 0.2) is 0 Å². The predicted molar refractivity (Wildman–Crippen MR) is 216 cm³/mol. The number of unbranched alkanes of at least 4 members (excludes halogenated alkanes) is 28. The van der Waals surface area contributed by atoms with Crippen molar-refractivity contribution in [2.45, 2.75) is 238 Å². The Balaban J connectivity index is 3.57. The topological polar surface area (TPSA) is 69.6 Å². The first-order valence-electron chi connectivity index (χ1n) is 21.7. The van der Waals surface area contributed by atoms with E-state index < -0.39 is 12.1 Å². The highest BCUT2D eigenvalue weighted by molar-refractivity contribution is 5.76. The van der Waals surface area contributed by atoms with Gasteiger partial charge in [-0.3, -0.25) is 4.79 Å². The second-order valence-corrected chi connectivity index (χ2v) is 14.8. The number of carbonyl (C=O) groups is 1. The number of aliphatic hydroxyl groups is 2. The van der Waals surface area contributed by atoms with Crippen molar-refractivity contribution in [2.24, 2.45) is 0 Å². The Bertz CT molecular complexity index is 746. The zero-order valence-corrected chi connectivity index (χ0v) is 33.0. The van der Waals surface area contributed by atoms with E-state index in [4.69, 9.17) is 0 Å². The number of amides is 1. The summed E-state index contributed by atoms with van der Waals surface area (Å²) in [5, 5.41) is 22.9. The number of hydrogen-bond acceptors (Lipinski definition) is 3. The molecule has 0 heterocycles. The van der Waals surface area contributed by atoms with Crippen molar-refractivity contribution in [3.8, 4) is 0 Å². The van der Waals surface area contributed by atoms with Crippen molar-refractivity contribution in [3.63, 3.8) is 0 Å². The molecule has 2 atom stereocenters. The molecule has 0 fully saturated rings. The normalized spacial score (nSPS) is 13.3. The maximum atomic E-state index is 12.4. The summed E-state index contributed by atoms with van der Waals surface area (Å²) in [4.78, 5) is 12.4. The zero-order chi connectivity index (χ0) is 35.7. The van der Waals surface area contributed by atoms with E-state index in [2.05, 4.69) is 43.5 Å². The summed E-state index contributed by atoms with van der Waals surface area (Å²) < 4.78 is 0. The quantitative estimate of drug-likeness (QED) is 0.0445. The molecule has 0 aliphatic carbocycles. The predicted octanol–water partition coefficient (Wildman–Crippen LogP) is 13.4. The molecule has 0 saturated heterocycles. The van der Waals surface area contributed by atoms with Crippen LogP contribution in [-0.4, -0.2) is 34.9 Å². The molecule has 288 valence electrons. The van der Waals surface area contributed by atoms with Gasteiger partial charge in [0, 0.05) is 6.42 Å². The average Bonchev–Trinajstić information content (AvgIpc) is 3.10. The van der Waals surface area contributed by atoms with Gasteiger partial charge in [-0.25, -0.2) is 0 Å². The molecule has 0 spiro atoms. The molecular weight excluding hydrogens is 602 g/mol. The van der Waals surface area contributed by atoms with Gasteiger partial charge in [0.25, 0.3) is 0 Å². The lowest BCUT2D eigenvalue weighted by Gasteiger charge is -2.19. The van der Waals surface area contributed by atoms with E-state index in [9.17, 15) is 15.0 Å². The lowest BCUT2D eigenvalue weighted by molar-refractivity contribution is -0.123. The van der Waals surface area contributed by atoms with Gasteiger partial charge in [0.1, 0.15) is 0 Å². The summed E-state index contributed by atoms with van der Waals surface area (Å²) in [5.41, 5.74) is 0. The average molecular weight is 688 g/mol. The summed E-state index contributed by atoms with van der Waals surface area (Å²) in [5.74, 6) is -0.0746. The summed E-state index contributed by atoms with van der Waals surface area (Å²) in [6, 6.07) is -0.637. The van der Waals surface area contributed by atoms with Gasteiger partial charge in [-0.2, -0.15) is 0 Å². The standard InChI is InChI=1S/C45H85NO3/c1-3-5-7-9-11-13-15-17-19-20-21-22-23-24-25-26-27-29-31-33-35-37-39-41-45(49)46-43(42-47)44(48)40-38-36-34-32-30-28-18-16-14-12-10-8-6-4-2/h20-21,30,32,38,40,43-44,47-48H,3-19,22-29,31,33-37,39,41-42H2,1-2H3,(H,46,49)/b21-20-,32-30+,40-38+. The van der Waals surface area contributed by atoms with E-state index in [1.807, 2.05) is 6.08 Å². The minimum absolute atomic E-state index is 0.0746. The maximum absolute atomic E-state index is 12.4. The van der Waals surface area contributed by atoms with Crippen molar-refractivity contribution in [1.29, 1.82) is 0 Å². The first kappa shape index (κ1) is 47.6. The fraction of sp³-hybridized carbons (Fsp3) is 0.844. The molecule has 0 rings (SSSR count). The molecule has 2 unspecified atom stereocenters. The van der Waals surface area contributed by atoms with Crippen LogP contribution in [0.1, 0.15) is 226 Å². The van der Waals surface area contributed by atoms with Crippen LogP contribution < -0.4 is 5.32 Å². The highest BCUT2D eigenvalue weighted by Crippen LogP contribution is 2.14. The van der Waals surface area contributed by atoms with E-state index >= 15 is 0 Å². The second-order valence-electron chi connectivity index (χ2n) is 14.8. The van der Waals surface area contributed by atoms with Gasteiger partial charge < -0.3 is 15.5 Å². The summed E-state index contributed by atoms with van der Waals surface area (Å²) in [6.45, 7) is 4.29. The maximum Gasteiger partial charge on any atom is 0.220 e. The molecule has 0 radical (unpaired) electrons. The van der Waals surface area contributed by atoms with Gasteiger partial charge >= 0.3 is 0 Å². The van der Waals surface area contributed by atoms with Gasteiger partial charge in [0.05, 0.1) is 18.8 Å². The molecule has 1 amide bonds. The number of nitrogens with one attached hydrogen (secondary N) is 1. The van der Waals surface area contributed by atoms with Gasteiger partial charge in [0.2, 0.25) is 5.91 Å². The summed E-state index contributed by atoms with van der Waals surface area (Å²) >= 11 is 0. The van der Waals surface area contributed by atoms with Crippen molar-refractivity contribution >= 4 is 5.91 Å². The fourth-order valence-electron chi connectivity index (χ4n) is 6.48. The Morgan fingerprint density at radius 1 is 0.469 bits per heavy atom. The lowest BCUT2D eigenvalue weighted by Crippen LogP contribution is -2.45.